The maximum absolute atomic E-state index is 11.4. The minimum absolute atomic E-state index is 0.173. The van der Waals surface area contributed by atoms with E-state index in [2.05, 4.69) is 11.4 Å². The van der Waals surface area contributed by atoms with Gasteiger partial charge in [-0.3, -0.25) is 10.1 Å². The highest BCUT2D eigenvalue weighted by Crippen LogP contribution is 2.27. The number of hydrogen-bond donors (Lipinski definition) is 1. The average Bonchev–Trinajstić information content (AvgIpc) is 2.87. The molecule has 4 heteroatoms. The van der Waals surface area contributed by atoms with Crippen molar-refractivity contribution in [2.75, 3.05) is 7.11 Å². The Morgan fingerprint density at radius 2 is 2.12 bits per heavy atom. The number of benzene rings is 1. The lowest BCUT2D eigenvalue weighted by Crippen LogP contribution is -2.33. The maximum Gasteiger partial charge on any atom is 0.322 e. The van der Waals surface area contributed by atoms with Crippen LogP contribution in [0.3, 0.4) is 0 Å². The highest BCUT2D eigenvalue weighted by molar-refractivity contribution is 5.76. The van der Waals surface area contributed by atoms with Crippen LogP contribution in [0.1, 0.15) is 30.0 Å². The van der Waals surface area contributed by atoms with Gasteiger partial charge in [0.2, 0.25) is 0 Å². The average molecular weight is 230 g/mol. The van der Waals surface area contributed by atoms with Gasteiger partial charge in [-0.1, -0.05) is 12.1 Å². The van der Waals surface area contributed by atoms with E-state index >= 15 is 0 Å². The van der Waals surface area contributed by atoms with Crippen molar-refractivity contribution in [3.05, 3.63) is 35.4 Å². The van der Waals surface area contributed by atoms with Crippen molar-refractivity contribution in [2.24, 2.45) is 0 Å². The number of hydrogen-bond acceptors (Lipinski definition) is 4. The van der Waals surface area contributed by atoms with Crippen LogP contribution < -0.4 is 5.32 Å². The molecule has 2 rings (SSSR count). The van der Waals surface area contributed by atoms with Crippen LogP contribution in [0.4, 0.5) is 0 Å². The molecule has 1 saturated heterocycles. The minimum Gasteiger partial charge on any atom is -0.468 e. The fourth-order valence-electron chi connectivity index (χ4n) is 2.12. The van der Waals surface area contributed by atoms with E-state index in [0.717, 1.165) is 18.4 Å². The Morgan fingerprint density at radius 3 is 2.71 bits per heavy atom. The molecule has 1 heterocycles. The number of ether oxygens (including phenoxy) is 1. The zero-order valence-corrected chi connectivity index (χ0v) is 9.64. The molecular weight excluding hydrogens is 216 g/mol. The Kier molecular flexibility index (Phi) is 3.40. The van der Waals surface area contributed by atoms with Crippen LogP contribution in [0.5, 0.6) is 0 Å². The Hall–Kier alpha value is -1.86. The highest BCUT2D eigenvalue weighted by atomic mass is 16.5. The zero-order valence-electron chi connectivity index (χ0n) is 9.64. The number of nitrogens with one attached hydrogen (secondary N) is 1. The number of carbonyl (C=O) groups excluding carboxylic acids is 1. The molecule has 1 aliphatic rings. The van der Waals surface area contributed by atoms with E-state index in [4.69, 9.17) is 10.00 Å². The van der Waals surface area contributed by atoms with Crippen molar-refractivity contribution in [1.29, 1.82) is 5.26 Å². The summed E-state index contributed by atoms with van der Waals surface area (Å²) in [5.74, 6) is -0.207. The molecule has 0 radical (unpaired) electrons. The highest BCUT2D eigenvalue weighted by Gasteiger charge is 2.30. The molecule has 1 aromatic rings. The molecule has 1 aliphatic heterocycles. The molecule has 2 atom stereocenters. The summed E-state index contributed by atoms with van der Waals surface area (Å²) in [5, 5.41) is 12.0. The SMILES string of the molecule is COC(=O)C1CCC(c2ccc(C#N)cc2)N1. The molecule has 0 spiro atoms. The van der Waals surface area contributed by atoms with Gasteiger partial charge < -0.3 is 4.74 Å². The van der Waals surface area contributed by atoms with Gasteiger partial charge in [-0.05, 0) is 30.5 Å². The largest absolute Gasteiger partial charge is 0.468 e. The monoisotopic (exact) mass is 230 g/mol. The Bertz CT molecular complexity index is 447. The Morgan fingerprint density at radius 1 is 1.41 bits per heavy atom. The van der Waals surface area contributed by atoms with E-state index in [-0.39, 0.29) is 18.1 Å². The normalized spacial score (nSPS) is 23.1. The molecule has 88 valence electrons. The van der Waals surface area contributed by atoms with Gasteiger partial charge in [0.15, 0.2) is 0 Å². The number of methoxy groups -OCH3 is 1. The predicted molar refractivity (Wildman–Crippen MR) is 62.1 cm³/mol. The van der Waals surface area contributed by atoms with Gasteiger partial charge in [0.25, 0.3) is 0 Å². The molecule has 4 nitrogen and oxygen atoms in total. The molecule has 1 aromatic carbocycles. The van der Waals surface area contributed by atoms with E-state index in [1.54, 1.807) is 12.1 Å². The van der Waals surface area contributed by atoms with Gasteiger partial charge in [-0.15, -0.1) is 0 Å². The standard InChI is InChI=1S/C13H14N2O2/c1-17-13(16)12-7-6-11(15-12)10-4-2-9(8-14)3-5-10/h2-5,11-12,15H,6-7H2,1H3. The Balaban J connectivity index is 2.05. The van der Waals surface area contributed by atoms with Crippen LogP contribution in [0.2, 0.25) is 0 Å². The molecule has 0 saturated carbocycles. The predicted octanol–water partition coefficient (Wildman–Crippen LogP) is 1.52. The summed E-state index contributed by atoms with van der Waals surface area (Å²) >= 11 is 0. The van der Waals surface area contributed by atoms with E-state index in [9.17, 15) is 4.79 Å². The second kappa shape index (κ2) is 4.98. The van der Waals surface area contributed by atoms with E-state index < -0.39 is 0 Å². The molecule has 17 heavy (non-hydrogen) atoms. The number of rotatable bonds is 2. The van der Waals surface area contributed by atoms with Crippen molar-refractivity contribution in [1.82, 2.24) is 5.32 Å². The lowest BCUT2D eigenvalue weighted by molar-refractivity contribution is -0.142. The van der Waals surface area contributed by atoms with Gasteiger partial charge in [0.1, 0.15) is 6.04 Å². The lowest BCUT2D eigenvalue weighted by atomic mass is 10.0. The van der Waals surface area contributed by atoms with Crippen molar-refractivity contribution in [3.63, 3.8) is 0 Å². The maximum atomic E-state index is 11.4. The van der Waals surface area contributed by atoms with Crippen LogP contribution in [0.15, 0.2) is 24.3 Å². The van der Waals surface area contributed by atoms with Gasteiger partial charge in [0.05, 0.1) is 18.7 Å². The Labute approximate surface area is 100 Å². The topological polar surface area (TPSA) is 62.1 Å². The van der Waals surface area contributed by atoms with Crippen molar-refractivity contribution in [2.45, 2.75) is 24.9 Å². The number of nitrogens with zero attached hydrogens (tertiary/aromatic N) is 1. The van der Waals surface area contributed by atoms with Crippen molar-refractivity contribution >= 4 is 5.97 Å². The summed E-state index contributed by atoms with van der Waals surface area (Å²) in [6, 6.07) is 9.49. The third-order valence-electron chi connectivity index (χ3n) is 3.07. The van der Waals surface area contributed by atoms with Gasteiger partial charge in [0, 0.05) is 6.04 Å². The lowest BCUT2D eigenvalue weighted by Gasteiger charge is -2.13. The molecule has 0 bridgehead atoms. The molecule has 2 unspecified atom stereocenters. The first kappa shape index (κ1) is 11.6. The van der Waals surface area contributed by atoms with E-state index in [1.807, 2.05) is 12.1 Å². The number of esters is 1. The smallest absolute Gasteiger partial charge is 0.322 e. The first-order valence-corrected chi connectivity index (χ1v) is 5.58. The first-order valence-electron chi connectivity index (χ1n) is 5.58. The second-order valence-electron chi connectivity index (χ2n) is 4.11. The van der Waals surface area contributed by atoms with Crippen LogP contribution in [0, 0.1) is 11.3 Å². The fraction of sp³-hybridized carbons (Fsp3) is 0.385. The fourth-order valence-corrected chi connectivity index (χ4v) is 2.12. The molecule has 0 aliphatic carbocycles. The first-order chi connectivity index (χ1) is 8.24. The summed E-state index contributed by atoms with van der Waals surface area (Å²) in [6.07, 6.45) is 1.70. The molecule has 1 fully saturated rings. The van der Waals surface area contributed by atoms with Crippen molar-refractivity contribution < 1.29 is 9.53 Å². The van der Waals surface area contributed by atoms with Crippen LogP contribution in [-0.2, 0) is 9.53 Å². The quantitative estimate of drug-likeness (QED) is 0.782. The molecule has 1 N–H and O–H groups in total. The summed E-state index contributed by atoms with van der Waals surface area (Å²) in [6.45, 7) is 0. The van der Waals surface area contributed by atoms with Crippen LogP contribution >= 0.6 is 0 Å². The molecule has 0 amide bonds. The zero-order chi connectivity index (χ0) is 12.3. The van der Waals surface area contributed by atoms with Gasteiger partial charge >= 0.3 is 5.97 Å². The summed E-state index contributed by atoms with van der Waals surface area (Å²) < 4.78 is 4.71. The summed E-state index contributed by atoms with van der Waals surface area (Å²) in [7, 11) is 1.40. The third kappa shape index (κ3) is 2.45. The van der Waals surface area contributed by atoms with E-state index in [1.165, 1.54) is 7.11 Å². The molecule has 0 aromatic heterocycles. The minimum atomic E-state index is -0.208. The van der Waals surface area contributed by atoms with Crippen molar-refractivity contribution in [3.8, 4) is 6.07 Å². The van der Waals surface area contributed by atoms with E-state index in [0.29, 0.717) is 5.56 Å². The van der Waals surface area contributed by atoms with Crippen LogP contribution in [-0.4, -0.2) is 19.1 Å². The summed E-state index contributed by atoms with van der Waals surface area (Å²) in [5.41, 5.74) is 1.76. The summed E-state index contributed by atoms with van der Waals surface area (Å²) in [4.78, 5) is 11.4. The second-order valence-corrected chi connectivity index (χ2v) is 4.11. The third-order valence-corrected chi connectivity index (χ3v) is 3.07. The number of nitriles is 1. The van der Waals surface area contributed by atoms with Gasteiger partial charge in [-0.25, -0.2) is 0 Å². The van der Waals surface area contributed by atoms with Crippen LogP contribution in [0.25, 0.3) is 0 Å². The number of carbonyl (C=O) groups is 1. The molecular formula is C13H14N2O2. The van der Waals surface area contributed by atoms with Gasteiger partial charge in [-0.2, -0.15) is 5.26 Å².